The molecule has 0 fully saturated rings. The van der Waals surface area contributed by atoms with Gasteiger partial charge in [-0.15, -0.1) is 0 Å². The number of halogens is 1. The van der Waals surface area contributed by atoms with Gasteiger partial charge in [0.2, 0.25) is 0 Å². The Labute approximate surface area is 119 Å². The molecule has 0 aromatic heterocycles. The van der Waals surface area contributed by atoms with Crippen molar-refractivity contribution in [1.29, 1.82) is 0 Å². The van der Waals surface area contributed by atoms with Gasteiger partial charge in [-0.05, 0) is 48.2 Å². The van der Waals surface area contributed by atoms with Crippen molar-refractivity contribution >= 4 is 11.6 Å². The zero-order valence-corrected chi connectivity index (χ0v) is 12.2. The molecule has 2 N–H and O–H groups in total. The summed E-state index contributed by atoms with van der Waals surface area (Å²) in [4.78, 5) is 0. The minimum atomic E-state index is -0.178. The number of rotatable bonds is 3. The molecule has 0 heterocycles. The van der Waals surface area contributed by atoms with Gasteiger partial charge >= 0.3 is 0 Å². The van der Waals surface area contributed by atoms with Crippen LogP contribution in [0.5, 0.6) is 5.75 Å². The zero-order valence-electron chi connectivity index (χ0n) is 11.4. The summed E-state index contributed by atoms with van der Waals surface area (Å²) in [6.45, 7) is 3.99. The van der Waals surface area contributed by atoms with Gasteiger partial charge in [-0.2, -0.15) is 0 Å². The predicted molar refractivity (Wildman–Crippen MR) is 80.0 cm³/mol. The molecule has 2 rings (SSSR count). The van der Waals surface area contributed by atoms with Crippen molar-refractivity contribution in [2.75, 3.05) is 7.11 Å². The van der Waals surface area contributed by atoms with Crippen LogP contribution in [-0.2, 0) is 0 Å². The summed E-state index contributed by atoms with van der Waals surface area (Å²) in [6.07, 6.45) is 0. The molecular formula is C16H18ClNO. The van der Waals surface area contributed by atoms with Crippen LogP contribution >= 0.6 is 11.6 Å². The van der Waals surface area contributed by atoms with Gasteiger partial charge in [-0.25, -0.2) is 0 Å². The van der Waals surface area contributed by atoms with Crippen molar-refractivity contribution in [2.45, 2.75) is 19.9 Å². The van der Waals surface area contributed by atoms with E-state index in [1.165, 1.54) is 0 Å². The summed E-state index contributed by atoms with van der Waals surface area (Å²) in [7, 11) is 1.67. The number of benzene rings is 2. The Morgan fingerprint density at radius 2 is 1.63 bits per heavy atom. The highest BCUT2D eigenvalue weighted by atomic mass is 35.5. The van der Waals surface area contributed by atoms with E-state index in [9.17, 15) is 0 Å². The molecule has 1 unspecified atom stereocenters. The molecule has 0 bridgehead atoms. The summed E-state index contributed by atoms with van der Waals surface area (Å²) in [5.41, 5.74) is 10.5. The molecule has 2 aromatic carbocycles. The maximum Gasteiger partial charge on any atom is 0.121 e. The molecule has 2 nitrogen and oxygen atoms in total. The molecule has 3 heteroatoms. The fourth-order valence-corrected chi connectivity index (χ4v) is 2.28. The van der Waals surface area contributed by atoms with Gasteiger partial charge in [0.15, 0.2) is 0 Å². The van der Waals surface area contributed by atoms with Crippen LogP contribution in [0.25, 0.3) is 0 Å². The van der Waals surface area contributed by atoms with E-state index in [1.54, 1.807) is 7.11 Å². The molecule has 0 amide bonds. The lowest BCUT2D eigenvalue weighted by molar-refractivity contribution is 0.411. The molecule has 0 aliphatic rings. The van der Waals surface area contributed by atoms with E-state index in [-0.39, 0.29) is 6.04 Å². The van der Waals surface area contributed by atoms with Crippen LogP contribution in [-0.4, -0.2) is 7.11 Å². The largest absolute Gasteiger partial charge is 0.496 e. The van der Waals surface area contributed by atoms with Gasteiger partial charge < -0.3 is 10.5 Å². The molecule has 100 valence electrons. The highest BCUT2D eigenvalue weighted by Gasteiger charge is 2.11. The van der Waals surface area contributed by atoms with Crippen LogP contribution in [0.2, 0.25) is 5.02 Å². The summed E-state index contributed by atoms with van der Waals surface area (Å²) in [5, 5.41) is 0.748. The van der Waals surface area contributed by atoms with Crippen LogP contribution < -0.4 is 10.5 Å². The second kappa shape index (κ2) is 5.64. The van der Waals surface area contributed by atoms with Crippen LogP contribution in [0.3, 0.4) is 0 Å². The Bertz CT molecular complexity index is 595. The fraction of sp³-hybridized carbons (Fsp3) is 0.250. The van der Waals surface area contributed by atoms with Crippen molar-refractivity contribution in [1.82, 2.24) is 0 Å². The third-order valence-corrected chi connectivity index (χ3v) is 3.74. The molecule has 2 aromatic rings. The normalized spacial score (nSPS) is 12.3. The molecule has 0 saturated heterocycles. The number of nitrogens with two attached hydrogens (primary N) is 1. The lowest BCUT2D eigenvalue weighted by atomic mass is 9.97. The fourth-order valence-electron chi connectivity index (χ4n) is 2.09. The lowest BCUT2D eigenvalue weighted by Gasteiger charge is -2.15. The number of hydrogen-bond donors (Lipinski definition) is 1. The second-order valence-corrected chi connectivity index (χ2v) is 5.12. The quantitative estimate of drug-likeness (QED) is 0.918. The van der Waals surface area contributed by atoms with E-state index < -0.39 is 0 Å². The molecular weight excluding hydrogens is 258 g/mol. The Hall–Kier alpha value is -1.51. The minimum absolute atomic E-state index is 0.178. The van der Waals surface area contributed by atoms with E-state index in [0.29, 0.717) is 0 Å². The Morgan fingerprint density at radius 1 is 1.00 bits per heavy atom. The monoisotopic (exact) mass is 275 g/mol. The average molecular weight is 276 g/mol. The van der Waals surface area contributed by atoms with E-state index in [1.807, 2.05) is 44.2 Å². The SMILES string of the molecule is COc1ccc(C(N)c2ccc(C)c(Cl)c2)cc1C. The number of methoxy groups -OCH3 is 1. The summed E-state index contributed by atoms with van der Waals surface area (Å²) in [6, 6.07) is 11.8. The van der Waals surface area contributed by atoms with Crippen molar-refractivity contribution in [3.63, 3.8) is 0 Å². The third-order valence-electron chi connectivity index (χ3n) is 3.33. The summed E-state index contributed by atoms with van der Waals surface area (Å²) >= 11 is 6.15. The summed E-state index contributed by atoms with van der Waals surface area (Å²) < 4.78 is 5.26. The number of hydrogen-bond acceptors (Lipinski definition) is 2. The highest BCUT2D eigenvalue weighted by Crippen LogP contribution is 2.27. The van der Waals surface area contributed by atoms with Gasteiger partial charge in [0.25, 0.3) is 0 Å². The molecule has 19 heavy (non-hydrogen) atoms. The van der Waals surface area contributed by atoms with E-state index in [2.05, 4.69) is 6.07 Å². The minimum Gasteiger partial charge on any atom is -0.496 e. The highest BCUT2D eigenvalue weighted by molar-refractivity contribution is 6.31. The number of ether oxygens (including phenoxy) is 1. The Balaban J connectivity index is 2.35. The third kappa shape index (κ3) is 2.91. The van der Waals surface area contributed by atoms with Crippen molar-refractivity contribution in [2.24, 2.45) is 5.73 Å². The van der Waals surface area contributed by atoms with Crippen LogP contribution in [0.15, 0.2) is 36.4 Å². The average Bonchev–Trinajstić information content (AvgIpc) is 2.41. The first-order valence-electron chi connectivity index (χ1n) is 6.19. The van der Waals surface area contributed by atoms with E-state index in [4.69, 9.17) is 22.1 Å². The number of aryl methyl sites for hydroxylation is 2. The molecule has 0 radical (unpaired) electrons. The molecule has 0 aliphatic carbocycles. The van der Waals surface area contributed by atoms with Crippen LogP contribution in [0, 0.1) is 13.8 Å². The molecule has 0 saturated carbocycles. The maximum atomic E-state index is 6.30. The van der Waals surface area contributed by atoms with E-state index >= 15 is 0 Å². The first kappa shape index (κ1) is 13.9. The standard InChI is InChI=1S/C16H18ClNO/c1-10-4-5-13(9-14(10)17)16(18)12-6-7-15(19-3)11(2)8-12/h4-9,16H,18H2,1-3H3. The van der Waals surface area contributed by atoms with Crippen molar-refractivity contribution < 1.29 is 4.74 Å². The summed E-state index contributed by atoms with van der Waals surface area (Å²) in [5.74, 6) is 0.873. The first-order valence-corrected chi connectivity index (χ1v) is 6.57. The van der Waals surface area contributed by atoms with Crippen LogP contribution in [0.4, 0.5) is 0 Å². The lowest BCUT2D eigenvalue weighted by Crippen LogP contribution is -2.12. The zero-order chi connectivity index (χ0) is 14.0. The molecule has 1 atom stereocenters. The smallest absolute Gasteiger partial charge is 0.121 e. The van der Waals surface area contributed by atoms with Crippen molar-refractivity contribution in [3.05, 3.63) is 63.7 Å². The molecule has 0 aliphatic heterocycles. The predicted octanol–water partition coefficient (Wildman–Crippen LogP) is 4.01. The van der Waals surface area contributed by atoms with Gasteiger partial charge in [0.05, 0.1) is 13.2 Å². The Kier molecular flexibility index (Phi) is 4.13. The van der Waals surface area contributed by atoms with Gasteiger partial charge in [0, 0.05) is 5.02 Å². The van der Waals surface area contributed by atoms with Crippen molar-refractivity contribution in [3.8, 4) is 5.75 Å². The topological polar surface area (TPSA) is 35.2 Å². The molecule has 0 spiro atoms. The van der Waals surface area contributed by atoms with Gasteiger partial charge in [0.1, 0.15) is 5.75 Å². The van der Waals surface area contributed by atoms with Gasteiger partial charge in [-0.1, -0.05) is 35.9 Å². The van der Waals surface area contributed by atoms with Crippen LogP contribution in [0.1, 0.15) is 28.3 Å². The Morgan fingerprint density at radius 3 is 2.21 bits per heavy atom. The first-order chi connectivity index (χ1) is 9.02. The van der Waals surface area contributed by atoms with E-state index in [0.717, 1.165) is 33.0 Å². The maximum absolute atomic E-state index is 6.30. The van der Waals surface area contributed by atoms with Gasteiger partial charge in [-0.3, -0.25) is 0 Å². The second-order valence-electron chi connectivity index (χ2n) is 4.72.